The Hall–Kier alpha value is -2.25. The highest BCUT2D eigenvalue weighted by Gasteiger charge is 2.35. The number of amides is 1. The highest BCUT2D eigenvalue weighted by Crippen LogP contribution is 2.24. The molecule has 0 spiro atoms. The van der Waals surface area contributed by atoms with Crippen molar-refractivity contribution in [2.45, 2.75) is 32.5 Å². The van der Waals surface area contributed by atoms with Crippen LogP contribution in [0.15, 0.2) is 34.7 Å². The molecular formula is C18H24N4O3. The Kier molecular flexibility index (Phi) is 5.45. The minimum atomic E-state index is -0.324. The van der Waals surface area contributed by atoms with Gasteiger partial charge >= 0.3 is 0 Å². The zero-order valence-electron chi connectivity index (χ0n) is 14.9. The van der Waals surface area contributed by atoms with Gasteiger partial charge in [-0.3, -0.25) is 9.69 Å². The van der Waals surface area contributed by atoms with Gasteiger partial charge in [-0.2, -0.15) is 0 Å². The van der Waals surface area contributed by atoms with Gasteiger partial charge in [0.2, 0.25) is 17.7 Å². The molecule has 2 atom stereocenters. The Balaban J connectivity index is 1.70. The number of nitrogens with zero attached hydrogens (tertiary/aromatic N) is 4. The van der Waals surface area contributed by atoms with Gasteiger partial charge in [-0.1, -0.05) is 30.3 Å². The summed E-state index contributed by atoms with van der Waals surface area (Å²) in [7, 11) is 1.96. The average Bonchev–Trinajstić information content (AvgIpc) is 3.07. The van der Waals surface area contributed by atoms with E-state index in [9.17, 15) is 4.79 Å². The molecule has 1 saturated heterocycles. The topological polar surface area (TPSA) is 71.7 Å². The first-order chi connectivity index (χ1) is 12.1. The summed E-state index contributed by atoms with van der Waals surface area (Å²) in [4.78, 5) is 16.9. The second-order valence-corrected chi connectivity index (χ2v) is 6.36. The van der Waals surface area contributed by atoms with Crippen molar-refractivity contribution in [2.75, 3.05) is 26.8 Å². The highest BCUT2D eigenvalue weighted by atomic mass is 16.5. The monoisotopic (exact) mass is 344 g/mol. The third-order valence-electron chi connectivity index (χ3n) is 4.53. The predicted octanol–water partition coefficient (Wildman–Crippen LogP) is 1.80. The summed E-state index contributed by atoms with van der Waals surface area (Å²) >= 11 is 0. The van der Waals surface area contributed by atoms with Crippen LogP contribution in [0.5, 0.6) is 0 Å². The number of hydrogen-bond donors (Lipinski definition) is 0. The Morgan fingerprint density at radius 3 is 2.80 bits per heavy atom. The summed E-state index contributed by atoms with van der Waals surface area (Å²) in [5, 5.41) is 7.94. The lowest BCUT2D eigenvalue weighted by Crippen LogP contribution is -2.51. The van der Waals surface area contributed by atoms with Crippen LogP contribution < -0.4 is 0 Å². The first kappa shape index (κ1) is 17.6. The normalized spacial score (nSPS) is 19.2. The summed E-state index contributed by atoms with van der Waals surface area (Å²) in [6.07, 6.45) is 0. The maximum atomic E-state index is 13.1. The van der Waals surface area contributed by atoms with Crippen LogP contribution in [0.4, 0.5) is 0 Å². The number of likely N-dealkylation sites (N-methyl/N-ethyl adjacent to an activating group) is 1. The molecule has 0 saturated carbocycles. The Morgan fingerprint density at radius 2 is 2.12 bits per heavy atom. The van der Waals surface area contributed by atoms with E-state index in [2.05, 4.69) is 22.3 Å². The van der Waals surface area contributed by atoms with Crippen LogP contribution in [0.2, 0.25) is 0 Å². The smallest absolute Gasteiger partial charge is 0.241 e. The van der Waals surface area contributed by atoms with E-state index in [1.54, 1.807) is 11.8 Å². The molecule has 1 amide bonds. The maximum absolute atomic E-state index is 13.1. The van der Waals surface area contributed by atoms with E-state index in [4.69, 9.17) is 9.15 Å². The quantitative estimate of drug-likeness (QED) is 0.824. The molecule has 0 aliphatic carbocycles. The SMILES string of the molecule is Cc1nnc([C@H]2COCCN2C(=O)[C@@H](C)N(C)Cc2ccccc2)o1. The molecule has 1 aliphatic heterocycles. The van der Waals surface area contributed by atoms with Crippen molar-refractivity contribution in [3.8, 4) is 0 Å². The second-order valence-electron chi connectivity index (χ2n) is 6.36. The van der Waals surface area contributed by atoms with E-state index in [-0.39, 0.29) is 18.0 Å². The summed E-state index contributed by atoms with van der Waals surface area (Å²) < 4.78 is 11.1. The molecule has 0 radical (unpaired) electrons. The number of benzene rings is 1. The van der Waals surface area contributed by atoms with Gasteiger partial charge in [0, 0.05) is 20.0 Å². The van der Waals surface area contributed by atoms with E-state index in [1.165, 1.54) is 5.56 Å². The molecule has 2 heterocycles. The molecule has 2 aromatic rings. The summed E-state index contributed by atoms with van der Waals surface area (Å²) in [5.74, 6) is 0.966. The number of rotatable bonds is 5. The van der Waals surface area contributed by atoms with Gasteiger partial charge < -0.3 is 14.1 Å². The number of carbonyl (C=O) groups is 1. The maximum Gasteiger partial charge on any atom is 0.241 e. The van der Waals surface area contributed by atoms with Crippen LogP contribution in [0, 0.1) is 6.92 Å². The van der Waals surface area contributed by atoms with Crippen molar-refractivity contribution in [3.05, 3.63) is 47.7 Å². The van der Waals surface area contributed by atoms with E-state index >= 15 is 0 Å². The van der Waals surface area contributed by atoms with E-state index in [0.717, 1.165) is 0 Å². The zero-order valence-corrected chi connectivity index (χ0v) is 14.9. The minimum absolute atomic E-state index is 0.0441. The van der Waals surface area contributed by atoms with Crippen molar-refractivity contribution in [3.63, 3.8) is 0 Å². The lowest BCUT2D eigenvalue weighted by molar-refractivity contribution is -0.146. The number of morpholine rings is 1. The van der Waals surface area contributed by atoms with Gasteiger partial charge in [0.25, 0.3) is 0 Å². The lowest BCUT2D eigenvalue weighted by atomic mass is 10.1. The minimum Gasteiger partial charge on any atom is -0.423 e. The van der Waals surface area contributed by atoms with Crippen molar-refractivity contribution >= 4 is 5.91 Å². The largest absolute Gasteiger partial charge is 0.423 e. The fourth-order valence-corrected chi connectivity index (χ4v) is 2.96. The van der Waals surface area contributed by atoms with Gasteiger partial charge in [0.15, 0.2) is 0 Å². The average molecular weight is 344 g/mol. The summed E-state index contributed by atoms with van der Waals surface area (Å²) in [5.41, 5.74) is 1.18. The molecule has 25 heavy (non-hydrogen) atoms. The fourth-order valence-electron chi connectivity index (χ4n) is 2.96. The van der Waals surface area contributed by atoms with Gasteiger partial charge in [0.05, 0.1) is 19.3 Å². The van der Waals surface area contributed by atoms with Gasteiger partial charge in [-0.05, 0) is 19.5 Å². The molecule has 0 unspecified atom stereocenters. The van der Waals surface area contributed by atoms with Gasteiger partial charge in [-0.15, -0.1) is 10.2 Å². The molecule has 1 aliphatic rings. The van der Waals surface area contributed by atoms with Crippen LogP contribution >= 0.6 is 0 Å². The molecular weight excluding hydrogens is 320 g/mol. The molecule has 1 fully saturated rings. The number of aryl methyl sites for hydroxylation is 1. The molecule has 3 rings (SSSR count). The molecule has 0 bridgehead atoms. The summed E-state index contributed by atoms with van der Waals surface area (Å²) in [6, 6.07) is 9.54. The van der Waals surface area contributed by atoms with Crippen molar-refractivity contribution in [2.24, 2.45) is 0 Å². The van der Waals surface area contributed by atoms with Crippen LogP contribution in [-0.4, -0.2) is 58.8 Å². The highest BCUT2D eigenvalue weighted by molar-refractivity contribution is 5.82. The number of aromatic nitrogens is 2. The Bertz CT molecular complexity index is 703. The molecule has 7 heteroatoms. The molecule has 0 N–H and O–H groups in total. The first-order valence-electron chi connectivity index (χ1n) is 8.48. The van der Waals surface area contributed by atoms with Crippen molar-refractivity contribution in [1.29, 1.82) is 0 Å². The zero-order chi connectivity index (χ0) is 17.8. The molecule has 1 aromatic heterocycles. The van der Waals surface area contributed by atoms with Crippen LogP contribution in [-0.2, 0) is 16.1 Å². The predicted molar refractivity (Wildman–Crippen MR) is 91.7 cm³/mol. The molecule has 134 valence electrons. The standard InChI is InChI=1S/C18H24N4O3/c1-13(21(3)11-15-7-5-4-6-8-15)18(23)22-9-10-24-12-16(22)17-20-19-14(2)25-17/h4-8,13,16H,9-12H2,1-3H3/t13-,16-/m1/s1. The molecule has 1 aromatic carbocycles. The van der Waals surface area contributed by atoms with Crippen LogP contribution in [0.3, 0.4) is 0 Å². The van der Waals surface area contributed by atoms with E-state index < -0.39 is 0 Å². The first-order valence-corrected chi connectivity index (χ1v) is 8.48. The lowest BCUT2D eigenvalue weighted by Gasteiger charge is -2.37. The Morgan fingerprint density at radius 1 is 1.36 bits per heavy atom. The number of hydrogen-bond acceptors (Lipinski definition) is 6. The fraction of sp³-hybridized carbons (Fsp3) is 0.500. The van der Waals surface area contributed by atoms with Crippen LogP contribution in [0.1, 0.15) is 30.3 Å². The number of carbonyl (C=O) groups excluding carboxylic acids is 1. The number of ether oxygens (including phenoxy) is 1. The molecule has 7 nitrogen and oxygen atoms in total. The van der Waals surface area contributed by atoms with Gasteiger partial charge in [-0.25, -0.2) is 0 Å². The van der Waals surface area contributed by atoms with Gasteiger partial charge in [0.1, 0.15) is 6.04 Å². The summed E-state index contributed by atoms with van der Waals surface area (Å²) in [6.45, 7) is 5.79. The second kappa shape index (κ2) is 7.76. The van der Waals surface area contributed by atoms with E-state index in [1.807, 2.05) is 37.1 Å². The Labute approximate surface area is 147 Å². The third-order valence-corrected chi connectivity index (χ3v) is 4.53. The third kappa shape index (κ3) is 4.05. The van der Waals surface area contributed by atoms with E-state index in [0.29, 0.717) is 38.1 Å². The van der Waals surface area contributed by atoms with Crippen molar-refractivity contribution in [1.82, 2.24) is 20.0 Å². The van der Waals surface area contributed by atoms with Crippen molar-refractivity contribution < 1.29 is 13.9 Å². The van der Waals surface area contributed by atoms with Crippen LogP contribution in [0.25, 0.3) is 0 Å².